The molecule has 0 bridgehead atoms. The van der Waals surface area contributed by atoms with Gasteiger partial charge in [-0.05, 0) is 6.07 Å². The van der Waals surface area contributed by atoms with E-state index in [4.69, 9.17) is 4.74 Å². The van der Waals surface area contributed by atoms with Crippen LogP contribution in [0.1, 0.15) is 5.56 Å². The number of rotatable bonds is 4. The van der Waals surface area contributed by atoms with E-state index in [9.17, 15) is 24.8 Å². The number of nitro groups is 1. The minimum atomic E-state index is -0.722. The Bertz CT molecular complexity index is 957. The van der Waals surface area contributed by atoms with Crippen molar-refractivity contribution in [2.24, 2.45) is 19.1 Å². The maximum Gasteiger partial charge on any atom is 0.333 e. The van der Waals surface area contributed by atoms with E-state index in [2.05, 4.69) is 4.99 Å². The fourth-order valence-electron chi connectivity index (χ4n) is 1.99. The second-order valence-corrected chi connectivity index (χ2v) is 4.81. The van der Waals surface area contributed by atoms with Gasteiger partial charge in [0.1, 0.15) is 11.3 Å². The molecular weight excluding hydrogens is 320 g/mol. The Morgan fingerprint density at radius 1 is 1.29 bits per heavy atom. The van der Waals surface area contributed by atoms with E-state index in [1.54, 1.807) is 0 Å². The number of aromatic nitrogens is 2. The number of non-ortho nitro benzene ring substituents is 1. The summed E-state index contributed by atoms with van der Waals surface area (Å²) >= 11 is 0. The van der Waals surface area contributed by atoms with E-state index in [1.165, 1.54) is 39.4 Å². The first-order valence-electron chi connectivity index (χ1n) is 6.63. The van der Waals surface area contributed by atoms with Gasteiger partial charge in [0.25, 0.3) is 11.2 Å². The summed E-state index contributed by atoms with van der Waals surface area (Å²) in [6.45, 7) is 0. The number of nitrogens with zero attached hydrogens (tertiary/aromatic N) is 4. The van der Waals surface area contributed by atoms with Gasteiger partial charge in [0.05, 0.1) is 18.1 Å². The van der Waals surface area contributed by atoms with Gasteiger partial charge >= 0.3 is 5.69 Å². The summed E-state index contributed by atoms with van der Waals surface area (Å²) in [6, 6.07) is 3.76. The average molecular weight is 334 g/mol. The summed E-state index contributed by atoms with van der Waals surface area (Å²) in [7, 11) is 3.90. The first-order valence-corrected chi connectivity index (χ1v) is 6.63. The van der Waals surface area contributed by atoms with Crippen molar-refractivity contribution < 1.29 is 14.8 Å². The van der Waals surface area contributed by atoms with Gasteiger partial charge in [-0.3, -0.25) is 29.0 Å². The van der Waals surface area contributed by atoms with Gasteiger partial charge < -0.3 is 9.84 Å². The molecule has 0 unspecified atom stereocenters. The fraction of sp³-hybridized carbons (Fsp3) is 0.214. The third-order valence-corrected chi connectivity index (χ3v) is 3.37. The van der Waals surface area contributed by atoms with E-state index < -0.39 is 22.1 Å². The molecule has 1 heterocycles. The Balaban J connectivity index is 2.55. The smallest absolute Gasteiger partial charge is 0.333 e. The summed E-state index contributed by atoms with van der Waals surface area (Å²) in [5.74, 6) is -0.408. The van der Waals surface area contributed by atoms with Crippen LogP contribution in [0.2, 0.25) is 0 Å². The van der Waals surface area contributed by atoms with E-state index in [0.29, 0.717) is 0 Å². The number of aromatic hydroxyl groups is 1. The van der Waals surface area contributed by atoms with E-state index in [-0.39, 0.29) is 22.7 Å². The zero-order valence-electron chi connectivity index (χ0n) is 13.1. The molecule has 126 valence electrons. The predicted molar refractivity (Wildman–Crippen MR) is 85.5 cm³/mol. The van der Waals surface area contributed by atoms with Crippen LogP contribution < -0.4 is 16.0 Å². The third-order valence-electron chi connectivity index (χ3n) is 3.37. The maximum absolute atomic E-state index is 12.1. The van der Waals surface area contributed by atoms with Crippen LogP contribution in [0.15, 0.2) is 32.8 Å². The molecule has 2 rings (SSSR count). The number of nitro benzene ring substituents is 1. The molecule has 0 aliphatic rings. The van der Waals surface area contributed by atoms with Crippen molar-refractivity contribution in [2.45, 2.75) is 0 Å². The largest absolute Gasteiger partial charge is 0.494 e. The highest BCUT2D eigenvalue weighted by atomic mass is 16.6. The van der Waals surface area contributed by atoms with E-state index in [1.807, 2.05) is 0 Å². The van der Waals surface area contributed by atoms with Crippen molar-refractivity contribution in [3.05, 3.63) is 54.7 Å². The monoisotopic (exact) mass is 334 g/mol. The van der Waals surface area contributed by atoms with Gasteiger partial charge in [0, 0.05) is 26.4 Å². The molecule has 0 spiro atoms. The molecule has 1 N–H and O–H groups in total. The Kier molecular flexibility index (Phi) is 4.49. The molecule has 1 aromatic heterocycles. The van der Waals surface area contributed by atoms with Gasteiger partial charge in [-0.25, -0.2) is 4.79 Å². The van der Waals surface area contributed by atoms with Gasteiger partial charge in [0.2, 0.25) is 5.88 Å². The van der Waals surface area contributed by atoms with Crippen LogP contribution in [0.5, 0.6) is 11.6 Å². The Morgan fingerprint density at radius 3 is 2.54 bits per heavy atom. The number of hydrogen-bond donors (Lipinski definition) is 1. The number of methoxy groups -OCH3 is 1. The summed E-state index contributed by atoms with van der Waals surface area (Å²) in [5.41, 5.74) is -1.55. The van der Waals surface area contributed by atoms with Crippen LogP contribution in [0.3, 0.4) is 0 Å². The lowest BCUT2D eigenvalue weighted by Gasteiger charge is -2.07. The minimum absolute atomic E-state index is 0.126. The van der Waals surface area contributed by atoms with Crippen LogP contribution in [0.25, 0.3) is 0 Å². The summed E-state index contributed by atoms with van der Waals surface area (Å²) in [4.78, 5) is 37.9. The van der Waals surface area contributed by atoms with E-state index in [0.717, 1.165) is 15.3 Å². The van der Waals surface area contributed by atoms with Crippen LogP contribution in [0, 0.1) is 10.1 Å². The molecule has 0 saturated carbocycles. The molecule has 24 heavy (non-hydrogen) atoms. The Labute approximate surface area is 135 Å². The highest BCUT2D eigenvalue weighted by Gasteiger charge is 2.14. The number of benzene rings is 1. The molecule has 0 radical (unpaired) electrons. The molecule has 0 saturated heterocycles. The molecule has 10 nitrogen and oxygen atoms in total. The zero-order valence-corrected chi connectivity index (χ0v) is 13.1. The van der Waals surface area contributed by atoms with Crippen LogP contribution in [-0.4, -0.2) is 32.5 Å². The van der Waals surface area contributed by atoms with Crippen molar-refractivity contribution in [1.82, 2.24) is 9.13 Å². The summed E-state index contributed by atoms with van der Waals surface area (Å²) in [5, 5.41) is 20.7. The fourth-order valence-corrected chi connectivity index (χ4v) is 1.99. The number of aliphatic imine (C=N–C) groups is 1. The first kappa shape index (κ1) is 16.9. The number of ether oxygens (including phenoxy) is 1. The van der Waals surface area contributed by atoms with Gasteiger partial charge in [-0.1, -0.05) is 0 Å². The maximum atomic E-state index is 12.1. The predicted octanol–water partition coefficient (Wildman–Crippen LogP) is 0.457. The number of hydrogen-bond acceptors (Lipinski definition) is 7. The molecule has 0 atom stereocenters. The molecular formula is C14H14N4O6. The first-order chi connectivity index (χ1) is 11.3. The third kappa shape index (κ3) is 2.89. The SMILES string of the molecule is COc1cc([N+](=O)[O-])ccc1N=Cc1c(O)n(C)c(=O)n(C)c1=O. The summed E-state index contributed by atoms with van der Waals surface area (Å²) in [6.07, 6.45) is 1.07. The van der Waals surface area contributed by atoms with Gasteiger partial charge in [-0.15, -0.1) is 0 Å². The van der Waals surface area contributed by atoms with Crippen molar-refractivity contribution in [1.29, 1.82) is 0 Å². The summed E-state index contributed by atoms with van der Waals surface area (Å²) < 4.78 is 6.76. The molecule has 0 aliphatic carbocycles. The van der Waals surface area contributed by atoms with Crippen LogP contribution in [0.4, 0.5) is 11.4 Å². The van der Waals surface area contributed by atoms with Crippen molar-refractivity contribution in [2.75, 3.05) is 7.11 Å². The molecule has 1 aromatic carbocycles. The quantitative estimate of drug-likeness (QED) is 0.491. The van der Waals surface area contributed by atoms with Crippen LogP contribution >= 0.6 is 0 Å². The van der Waals surface area contributed by atoms with Crippen molar-refractivity contribution in [3.8, 4) is 11.6 Å². The lowest BCUT2D eigenvalue weighted by molar-refractivity contribution is -0.384. The Hall–Kier alpha value is -3.43. The average Bonchev–Trinajstić information content (AvgIpc) is 2.58. The van der Waals surface area contributed by atoms with Crippen molar-refractivity contribution >= 4 is 17.6 Å². The highest BCUT2D eigenvalue weighted by Crippen LogP contribution is 2.31. The lowest BCUT2D eigenvalue weighted by Crippen LogP contribution is -2.38. The zero-order chi connectivity index (χ0) is 18.0. The van der Waals surface area contributed by atoms with Crippen molar-refractivity contribution in [3.63, 3.8) is 0 Å². The minimum Gasteiger partial charge on any atom is -0.494 e. The van der Waals surface area contributed by atoms with Gasteiger partial charge in [0.15, 0.2) is 5.75 Å². The van der Waals surface area contributed by atoms with Gasteiger partial charge in [-0.2, -0.15) is 0 Å². The lowest BCUT2D eigenvalue weighted by atomic mass is 10.2. The van der Waals surface area contributed by atoms with E-state index >= 15 is 0 Å². The molecule has 2 aromatic rings. The van der Waals surface area contributed by atoms with Crippen LogP contribution in [-0.2, 0) is 14.1 Å². The Morgan fingerprint density at radius 2 is 1.96 bits per heavy atom. The molecule has 0 amide bonds. The standard InChI is InChI=1S/C14H14N4O6/c1-16-12(19)9(13(20)17(2)14(16)21)7-15-10-5-4-8(18(22)23)6-11(10)24-3/h4-7,19H,1-3H3. The normalized spacial score (nSPS) is 11.0. The topological polar surface area (TPSA) is 129 Å². The molecule has 0 aliphatic heterocycles. The molecule has 0 fully saturated rings. The second-order valence-electron chi connectivity index (χ2n) is 4.81. The highest BCUT2D eigenvalue weighted by molar-refractivity contribution is 5.84. The molecule has 10 heteroatoms. The second kappa shape index (κ2) is 6.36.